The lowest BCUT2D eigenvalue weighted by atomic mass is 9.82. The fourth-order valence-corrected chi connectivity index (χ4v) is 2.91. The third-order valence-corrected chi connectivity index (χ3v) is 4.16. The van der Waals surface area contributed by atoms with E-state index in [2.05, 4.69) is 15.9 Å². The van der Waals surface area contributed by atoms with E-state index in [4.69, 9.17) is 11.5 Å². The summed E-state index contributed by atoms with van der Waals surface area (Å²) in [6.07, 6.45) is 0. The van der Waals surface area contributed by atoms with Crippen LogP contribution in [0.2, 0.25) is 0 Å². The number of carbonyl (C=O) groups excluding carboxylic acids is 2. The summed E-state index contributed by atoms with van der Waals surface area (Å²) in [7, 11) is 0. The molecular weight excluding hydrogens is 354 g/mol. The zero-order valence-electron chi connectivity index (χ0n) is 10.9. The van der Waals surface area contributed by atoms with Crippen molar-refractivity contribution in [3.05, 3.63) is 61.1 Å². The molecule has 0 atom stereocenters. The van der Waals surface area contributed by atoms with Crippen LogP contribution in [0.4, 0.5) is 17.1 Å². The molecule has 3 rings (SSSR count). The van der Waals surface area contributed by atoms with Gasteiger partial charge in [0, 0.05) is 33.4 Å². The Bertz CT molecular complexity index is 892. The maximum atomic E-state index is 12.6. The number of fused-ring (bicyclic) bond motifs is 2. The molecule has 0 spiro atoms. The molecule has 2 aromatic rings. The molecule has 4 N–H and O–H groups in total. The van der Waals surface area contributed by atoms with Crippen LogP contribution in [0.1, 0.15) is 31.8 Å². The van der Waals surface area contributed by atoms with E-state index in [-0.39, 0.29) is 39.3 Å². The number of anilines is 2. The van der Waals surface area contributed by atoms with Gasteiger partial charge in [-0.2, -0.15) is 0 Å². The summed E-state index contributed by atoms with van der Waals surface area (Å²) in [5.74, 6) is -1.03. The second-order valence-corrected chi connectivity index (χ2v) is 5.61. The van der Waals surface area contributed by atoms with Crippen molar-refractivity contribution >= 4 is 44.6 Å². The summed E-state index contributed by atoms with van der Waals surface area (Å²) in [5, 5.41) is 10.8. The van der Waals surface area contributed by atoms with Crippen molar-refractivity contribution in [2.45, 2.75) is 0 Å². The Morgan fingerprint density at radius 3 is 2.27 bits per heavy atom. The number of nitrogen functional groups attached to an aromatic ring is 2. The molecule has 7 nitrogen and oxygen atoms in total. The Kier molecular flexibility index (Phi) is 2.99. The Balaban J connectivity index is 2.35. The van der Waals surface area contributed by atoms with Gasteiger partial charge in [0.1, 0.15) is 0 Å². The van der Waals surface area contributed by atoms with Crippen molar-refractivity contribution in [2.24, 2.45) is 0 Å². The van der Waals surface area contributed by atoms with Gasteiger partial charge >= 0.3 is 0 Å². The van der Waals surface area contributed by atoms with E-state index in [1.807, 2.05) is 0 Å². The number of hydrogen-bond donors (Lipinski definition) is 2. The highest BCUT2D eigenvalue weighted by atomic mass is 79.9. The first-order valence-corrected chi connectivity index (χ1v) is 6.87. The lowest BCUT2D eigenvalue weighted by Crippen LogP contribution is -2.24. The lowest BCUT2D eigenvalue weighted by Gasteiger charge is -2.21. The summed E-state index contributed by atoms with van der Waals surface area (Å²) < 4.78 is 0.412. The summed E-state index contributed by atoms with van der Waals surface area (Å²) in [6.45, 7) is 0. The van der Waals surface area contributed by atoms with Gasteiger partial charge in [0.05, 0.1) is 21.7 Å². The van der Waals surface area contributed by atoms with Gasteiger partial charge in [0.25, 0.3) is 5.69 Å². The van der Waals surface area contributed by atoms with Crippen LogP contribution in [0.25, 0.3) is 0 Å². The first-order valence-electron chi connectivity index (χ1n) is 6.08. The monoisotopic (exact) mass is 361 g/mol. The fourth-order valence-electron chi connectivity index (χ4n) is 2.47. The molecule has 0 saturated carbocycles. The van der Waals surface area contributed by atoms with E-state index in [1.54, 1.807) is 0 Å². The van der Waals surface area contributed by atoms with Crippen molar-refractivity contribution in [3.8, 4) is 0 Å². The van der Waals surface area contributed by atoms with Crippen molar-refractivity contribution in [2.75, 3.05) is 11.5 Å². The van der Waals surface area contributed by atoms with Gasteiger partial charge in [-0.05, 0) is 28.1 Å². The molecule has 2 aromatic carbocycles. The molecule has 0 unspecified atom stereocenters. The van der Waals surface area contributed by atoms with E-state index in [0.29, 0.717) is 4.47 Å². The minimum Gasteiger partial charge on any atom is -0.398 e. The van der Waals surface area contributed by atoms with Crippen LogP contribution in [-0.2, 0) is 0 Å². The Labute approximate surface area is 132 Å². The van der Waals surface area contributed by atoms with Gasteiger partial charge in [-0.1, -0.05) is 0 Å². The number of nitro benzene ring substituents is 1. The molecule has 0 fully saturated rings. The van der Waals surface area contributed by atoms with Crippen LogP contribution >= 0.6 is 15.9 Å². The number of nitrogens with zero attached hydrogens (tertiary/aromatic N) is 1. The third kappa shape index (κ3) is 1.81. The van der Waals surface area contributed by atoms with Crippen molar-refractivity contribution in [1.82, 2.24) is 0 Å². The molecule has 0 aliphatic heterocycles. The van der Waals surface area contributed by atoms with Gasteiger partial charge in [-0.3, -0.25) is 19.7 Å². The molecule has 1 aliphatic rings. The van der Waals surface area contributed by atoms with Crippen LogP contribution in [0.15, 0.2) is 28.7 Å². The molecular formula is C14H8BrN3O4. The molecule has 22 heavy (non-hydrogen) atoms. The maximum absolute atomic E-state index is 12.6. The Morgan fingerprint density at radius 1 is 1.00 bits per heavy atom. The number of nitrogens with two attached hydrogens (primary N) is 2. The average Bonchev–Trinajstić information content (AvgIpc) is 2.47. The zero-order chi connectivity index (χ0) is 16.2. The number of halogens is 1. The first kappa shape index (κ1) is 14.2. The largest absolute Gasteiger partial charge is 0.398 e. The van der Waals surface area contributed by atoms with E-state index in [1.165, 1.54) is 18.2 Å². The lowest BCUT2D eigenvalue weighted by molar-refractivity contribution is -0.384. The van der Waals surface area contributed by atoms with Crippen molar-refractivity contribution < 1.29 is 14.5 Å². The number of carbonyl (C=O) groups is 2. The predicted octanol–water partition coefficient (Wildman–Crippen LogP) is 2.30. The Morgan fingerprint density at radius 2 is 1.64 bits per heavy atom. The van der Waals surface area contributed by atoms with Crippen LogP contribution in [-0.4, -0.2) is 16.5 Å². The van der Waals surface area contributed by atoms with Crippen LogP contribution in [0.3, 0.4) is 0 Å². The van der Waals surface area contributed by atoms with Gasteiger partial charge in [-0.25, -0.2) is 0 Å². The van der Waals surface area contributed by atoms with E-state index in [9.17, 15) is 19.7 Å². The van der Waals surface area contributed by atoms with Crippen LogP contribution in [0.5, 0.6) is 0 Å². The molecule has 1 aliphatic carbocycles. The molecule has 0 saturated heterocycles. The third-order valence-electron chi connectivity index (χ3n) is 3.50. The first-order chi connectivity index (χ1) is 10.3. The molecule has 0 amide bonds. The molecule has 0 aromatic heterocycles. The number of ketones is 2. The smallest absolute Gasteiger partial charge is 0.270 e. The average molecular weight is 362 g/mol. The topological polar surface area (TPSA) is 129 Å². The number of hydrogen-bond acceptors (Lipinski definition) is 6. The quantitative estimate of drug-likeness (QED) is 0.388. The summed E-state index contributed by atoms with van der Waals surface area (Å²) in [4.78, 5) is 35.4. The van der Waals surface area contributed by atoms with Crippen LogP contribution in [0, 0.1) is 10.1 Å². The van der Waals surface area contributed by atoms with Crippen molar-refractivity contribution in [1.29, 1.82) is 0 Å². The highest BCUT2D eigenvalue weighted by Gasteiger charge is 2.35. The van der Waals surface area contributed by atoms with E-state index < -0.39 is 16.5 Å². The Hall–Kier alpha value is -2.74. The molecule has 0 radical (unpaired) electrons. The fraction of sp³-hybridized carbons (Fsp3) is 0. The van der Waals surface area contributed by atoms with Crippen molar-refractivity contribution in [3.63, 3.8) is 0 Å². The standard InChI is InChI=1S/C14H8BrN3O4/c15-8-4-9(16)10-11(12(8)17)13(19)6-2-1-5(18(21)22)3-7(6)14(10)20/h1-4H,16-17H2. The summed E-state index contributed by atoms with van der Waals surface area (Å²) in [5.41, 5.74) is 11.7. The second-order valence-electron chi connectivity index (χ2n) is 4.76. The normalized spacial score (nSPS) is 12.8. The van der Waals surface area contributed by atoms with Gasteiger partial charge in [0.2, 0.25) is 0 Å². The number of rotatable bonds is 1. The minimum absolute atomic E-state index is 0.0151. The van der Waals surface area contributed by atoms with E-state index in [0.717, 1.165) is 6.07 Å². The molecule has 110 valence electrons. The zero-order valence-corrected chi connectivity index (χ0v) is 12.5. The highest BCUT2D eigenvalue weighted by molar-refractivity contribution is 9.10. The maximum Gasteiger partial charge on any atom is 0.270 e. The van der Waals surface area contributed by atoms with Gasteiger partial charge in [0.15, 0.2) is 11.6 Å². The number of non-ortho nitro benzene ring substituents is 1. The van der Waals surface area contributed by atoms with Gasteiger partial charge < -0.3 is 11.5 Å². The number of benzene rings is 2. The number of nitro groups is 1. The SMILES string of the molecule is Nc1cc(Br)c(N)c2c1C(=O)c1cc([N+](=O)[O-])ccc1C2=O. The predicted molar refractivity (Wildman–Crippen MR) is 82.9 cm³/mol. The molecule has 0 bridgehead atoms. The van der Waals surface area contributed by atoms with E-state index >= 15 is 0 Å². The second kappa shape index (κ2) is 4.63. The highest BCUT2D eigenvalue weighted by Crippen LogP contribution is 2.38. The molecule has 0 heterocycles. The van der Waals surface area contributed by atoms with Gasteiger partial charge in [-0.15, -0.1) is 0 Å². The minimum atomic E-state index is -0.632. The van der Waals surface area contributed by atoms with Crippen LogP contribution < -0.4 is 11.5 Å². The molecule has 8 heteroatoms. The summed E-state index contributed by atoms with van der Waals surface area (Å²) >= 11 is 3.19. The summed E-state index contributed by atoms with van der Waals surface area (Å²) in [6, 6.07) is 4.94.